The molecule has 1 fully saturated rings. The van der Waals surface area contributed by atoms with E-state index in [0.717, 1.165) is 28.6 Å². The van der Waals surface area contributed by atoms with Crippen molar-refractivity contribution in [1.29, 1.82) is 0 Å². The molecule has 2 amide bonds. The number of rotatable bonds is 9. The number of nitrogens with one attached hydrogen (secondary N) is 1. The van der Waals surface area contributed by atoms with Crippen molar-refractivity contribution < 1.29 is 18.4 Å². The Hall–Kier alpha value is -2.58. The van der Waals surface area contributed by atoms with Crippen molar-refractivity contribution >= 4 is 35.3 Å². The summed E-state index contributed by atoms with van der Waals surface area (Å²) in [6.45, 7) is 1.04. The lowest BCUT2D eigenvalue weighted by Crippen LogP contribution is -2.28. The van der Waals surface area contributed by atoms with Gasteiger partial charge in [0.05, 0.1) is 30.6 Å². The number of carbonyl (C=O) groups excluding carboxylic acids is 2. The Morgan fingerprint density at radius 3 is 2.53 bits per heavy atom. The molecule has 1 aromatic carbocycles. The SMILES string of the molecule is O=C(NCCSCc1ccco1)c1ccc([C@@H]2SCC(=O)N2Cc2ccco2)cc1. The summed E-state index contributed by atoms with van der Waals surface area (Å²) in [5.41, 5.74) is 1.62. The van der Waals surface area contributed by atoms with Crippen LogP contribution >= 0.6 is 23.5 Å². The molecule has 8 heteroatoms. The van der Waals surface area contributed by atoms with Crippen molar-refractivity contribution in [3.05, 3.63) is 83.7 Å². The molecule has 0 saturated carbocycles. The highest BCUT2D eigenvalue weighted by atomic mass is 32.2. The van der Waals surface area contributed by atoms with Gasteiger partial charge in [-0.3, -0.25) is 9.59 Å². The Balaban J connectivity index is 1.28. The molecule has 0 spiro atoms. The maximum atomic E-state index is 12.4. The van der Waals surface area contributed by atoms with Gasteiger partial charge < -0.3 is 19.1 Å². The molecule has 1 aliphatic heterocycles. The van der Waals surface area contributed by atoms with Crippen LogP contribution in [0.2, 0.25) is 0 Å². The predicted molar refractivity (Wildman–Crippen MR) is 118 cm³/mol. The Kier molecular flexibility index (Phi) is 6.86. The maximum Gasteiger partial charge on any atom is 0.251 e. The van der Waals surface area contributed by atoms with Crippen molar-refractivity contribution in [3.63, 3.8) is 0 Å². The zero-order valence-electron chi connectivity index (χ0n) is 16.3. The minimum atomic E-state index is -0.0947. The molecule has 1 N–H and O–H groups in total. The maximum absolute atomic E-state index is 12.4. The summed E-state index contributed by atoms with van der Waals surface area (Å²) < 4.78 is 10.7. The van der Waals surface area contributed by atoms with Crippen LogP contribution in [0.3, 0.4) is 0 Å². The van der Waals surface area contributed by atoms with Gasteiger partial charge in [0.1, 0.15) is 16.9 Å². The number of furan rings is 2. The lowest BCUT2D eigenvalue weighted by molar-refractivity contribution is -0.128. The average Bonchev–Trinajstić information content (AvgIpc) is 3.52. The standard InChI is InChI=1S/C22H22N2O4S2/c25-20-15-30-22(24(20)13-18-3-1-10-27-18)17-7-5-16(6-8-17)21(26)23-9-12-29-14-19-4-2-11-28-19/h1-8,10-11,22H,9,12-15H2,(H,23,26)/t22-/m0/s1. The fourth-order valence-corrected chi connectivity index (χ4v) is 5.12. The van der Waals surface area contributed by atoms with E-state index < -0.39 is 0 Å². The zero-order chi connectivity index (χ0) is 20.8. The second kappa shape index (κ2) is 9.95. The normalized spacial score (nSPS) is 16.2. The van der Waals surface area contributed by atoms with Gasteiger partial charge >= 0.3 is 0 Å². The van der Waals surface area contributed by atoms with Crippen LogP contribution in [-0.2, 0) is 17.1 Å². The lowest BCUT2D eigenvalue weighted by atomic mass is 10.1. The number of thioether (sulfide) groups is 2. The molecular weight excluding hydrogens is 420 g/mol. The molecule has 0 bridgehead atoms. The van der Waals surface area contributed by atoms with Crippen molar-refractivity contribution in [1.82, 2.24) is 10.2 Å². The average molecular weight is 443 g/mol. The molecule has 3 aromatic rings. The first-order valence-electron chi connectivity index (χ1n) is 9.62. The molecule has 0 unspecified atom stereocenters. The molecule has 4 rings (SSSR count). The number of benzene rings is 1. The van der Waals surface area contributed by atoms with E-state index in [9.17, 15) is 9.59 Å². The lowest BCUT2D eigenvalue weighted by Gasteiger charge is -2.23. The molecule has 3 heterocycles. The minimum Gasteiger partial charge on any atom is -0.468 e. The number of amides is 2. The van der Waals surface area contributed by atoms with E-state index in [1.54, 1.807) is 36.1 Å². The van der Waals surface area contributed by atoms with E-state index >= 15 is 0 Å². The van der Waals surface area contributed by atoms with E-state index in [0.29, 0.717) is 24.4 Å². The van der Waals surface area contributed by atoms with Crippen LogP contribution in [0.1, 0.15) is 32.8 Å². The first-order valence-corrected chi connectivity index (χ1v) is 11.8. The highest BCUT2D eigenvalue weighted by Crippen LogP contribution is 2.39. The summed E-state index contributed by atoms with van der Waals surface area (Å²) in [4.78, 5) is 26.5. The van der Waals surface area contributed by atoms with Crippen molar-refractivity contribution in [2.75, 3.05) is 18.1 Å². The van der Waals surface area contributed by atoms with Gasteiger partial charge in [-0.1, -0.05) is 12.1 Å². The summed E-state index contributed by atoms with van der Waals surface area (Å²) in [7, 11) is 0. The fraction of sp³-hybridized carbons (Fsp3) is 0.273. The van der Waals surface area contributed by atoms with E-state index in [1.807, 2.05) is 53.4 Å². The third-order valence-electron chi connectivity index (χ3n) is 4.69. The third kappa shape index (κ3) is 5.12. The van der Waals surface area contributed by atoms with Crippen LogP contribution in [0.25, 0.3) is 0 Å². The molecule has 156 valence electrons. The van der Waals surface area contributed by atoms with Crippen molar-refractivity contribution in [2.45, 2.75) is 17.7 Å². The summed E-state index contributed by atoms with van der Waals surface area (Å²) >= 11 is 3.30. The summed E-state index contributed by atoms with van der Waals surface area (Å²) in [6, 6.07) is 15.0. The summed E-state index contributed by atoms with van der Waals surface area (Å²) in [6.07, 6.45) is 3.28. The summed E-state index contributed by atoms with van der Waals surface area (Å²) in [5, 5.41) is 2.87. The van der Waals surface area contributed by atoms with Gasteiger partial charge in [-0.25, -0.2) is 0 Å². The Bertz CT molecular complexity index is 956. The van der Waals surface area contributed by atoms with E-state index in [4.69, 9.17) is 8.83 Å². The van der Waals surface area contributed by atoms with Gasteiger partial charge in [-0.15, -0.1) is 11.8 Å². The molecule has 0 radical (unpaired) electrons. The van der Waals surface area contributed by atoms with Gasteiger partial charge in [0.15, 0.2) is 0 Å². The minimum absolute atomic E-state index is 0.0716. The monoisotopic (exact) mass is 442 g/mol. The van der Waals surface area contributed by atoms with Gasteiger partial charge in [0.2, 0.25) is 5.91 Å². The number of hydrogen-bond donors (Lipinski definition) is 1. The van der Waals surface area contributed by atoms with Gasteiger partial charge in [-0.2, -0.15) is 11.8 Å². The Morgan fingerprint density at radius 2 is 1.83 bits per heavy atom. The third-order valence-corrected chi connectivity index (χ3v) is 6.93. The molecular formula is C22H22N2O4S2. The molecule has 6 nitrogen and oxygen atoms in total. The second-order valence-corrected chi connectivity index (χ2v) is 8.95. The molecule has 2 aromatic heterocycles. The highest BCUT2D eigenvalue weighted by molar-refractivity contribution is 8.00. The Labute approximate surface area is 183 Å². The predicted octanol–water partition coefficient (Wildman–Crippen LogP) is 4.31. The molecule has 1 aliphatic rings. The topological polar surface area (TPSA) is 75.7 Å². The van der Waals surface area contributed by atoms with Crippen LogP contribution in [0.15, 0.2) is 69.9 Å². The van der Waals surface area contributed by atoms with Crippen molar-refractivity contribution in [2.24, 2.45) is 0 Å². The number of carbonyl (C=O) groups is 2. The molecule has 30 heavy (non-hydrogen) atoms. The summed E-state index contributed by atoms with van der Waals surface area (Å²) in [5.74, 6) is 3.75. The van der Waals surface area contributed by atoms with Crippen LogP contribution in [0.5, 0.6) is 0 Å². The van der Waals surface area contributed by atoms with E-state index in [2.05, 4.69) is 5.32 Å². The van der Waals surface area contributed by atoms with Crippen LogP contribution in [-0.4, -0.2) is 34.8 Å². The van der Waals surface area contributed by atoms with Crippen LogP contribution in [0, 0.1) is 0 Å². The number of hydrogen-bond acceptors (Lipinski definition) is 6. The van der Waals surface area contributed by atoms with Crippen molar-refractivity contribution in [3.8, 4) is 0 Å². The Morgan fingerprint density at radius 1 is 1.10 bits per heavy atom. The van der Waals surface area contributed by atoms with E-state index in [-0.39, 0.29) is 17.2 Å². The first-order chi connectivity index (χ1) is 14.7. The molecule has 0 aliphatic carbocycles. The zero-order valence-corrected chi connectivity index (χ0v) is 17.9. The number of nitrogens with zero attached hydrogens (tertiary/aromatic N) is 1. The largest absolute Gasteiger partial charge is 0.468 e. The fourth-order valence-electron chi connectivity index (χ4n) is 3.18. The van der Waals surface area contributed by atoms with Gasteiger partial charge in [-0.05, 0) is 42.0 Å². The first kappa shape index (κ1) is 20.7. The highest BCUT2D eigenvalue weighted by Gasteiger charge is 2.33. The molecule has 1 saturated heterocycles. The van der Waals surface area contributed by atoms with Crippen LogP contribution in [0.4, 0.5) is 0 Å². The second-order valence-electron chi connectivity index (χ2n) is 6.77. The van der Waals surface area contributed by atoms with Gasteiger partial charge in [0.25, 0.3) is 5.91 Å². The molecule has 1 atom stereocenters. The quantitative estimate of drug-likeness (QED) is 0.498. The van der Waals surface area contributed by atoms with E-state index in [1.165, 1.54) is 0 Å². The smallest absolute Gasteiger partial charge is 0.251 e. The van der Waals surface area contributed by atoms with Crippen LogP contribution < -0.4 is 5.32 Å². The van der Waals surface area contributed by atoms with Gasteiger partial charge in [0, 0.05) is 17.9 Å².